The molecule has 2 nitrogen and oxygen atoms in total. The van der Waals surface area contributed by atoms with Crippen molar-refractivity contribution in [2.24, 2.45) is 10.8 Å². The number of carbonyl (C=O) groups is 1. The van der Waals surface area contributed by atoms with Gasteiger partial charge in [-0.3, -0.25) is 4.79 Å². The lowest BCUT2D eigenvalue weighted by atomic mass is 9.49. The monoisotopic (exact) mass is 232 g/mol. The van der Waals surface area contributed by atoms with Crippen molar-refractivity contribution in [1.29, 1.82) is 0 Å². The van der Waals surface area contributed by atoms with E-state index in [9.17, 15) is 4.79 Å². The normalized spacial score (nSPS) is 42.6. The number of hydrogen-bond acceptors (Lipinski definition) is 2. The molecule has 0 saturated carbocycles. The van der Waals surface area contributed by atoms with Crippen molar-refractivity contribution in [3.8, 4) is 0 Å². The van der Waals surface area contributed by atoms with Gasteiger partial charge in [0.25, 0.3) is 0 Å². The lowest BCUT2D eigenvalue weighted by Crippen LogP contribution is -2.59. The van der Waals surface area contributed by atoms with E-state index in [-0.39, 0.29) is 22.4 Å². The first kappa shape index (κ1) is 11.1. The van der Waals surface area contributed by atoms with Gasteiger partial charge in [0.1, 0.15) is 5.60 Å². The van der Waals surface area contributed by atoms with Gasteiger partial charge < -0.3 is 4.74 Å². The van der Waals surface area contributed by atoms with Crippen molar-refractivity contribution in [3.05, 3.63) is 24.3 Å². The molecule has 3 rings (SSSR count). The van der Waals surface area contributed by atoms with E-state index < -0.39 is 0 Å². The fraction of sp³-hybridized carbons (Fsp3) is 0.667. The summed E-state index contributed by atoms with van der Waals surface area (Å²) < 4.78 is 5.69. The van der Waals surface area contributed by atoms with Crippen LogP contribution < -0.4 is 0 Å². The smallest absolute Gasteiger partial charge is 0.313 e. The molecule has 0 atom stereocenters. The van der Waals surface area contributed by atoms with Gasteiger partial charge in [-0.2, -0.15) is 0 Å². The number of rotatable bonds is 0. The molecule has 1 heterocycles. The minimum atomic E-state index is -0.309. The van der Waals surface area contributed by atoms with E-state index in [1.165, 1.54) is 0 Å². The second kappa shape index (κ2) is 3.24. The zero-order valence-electron chi connectivity index (χ0n) is 10.7. The highest BCUT2D eigenvalue weighted by Crippen LogP contribution is 2.62. The Hall–Kier alpha value is -1.05. The number of allylic oxidation sites excluding steroid dienone is 4. The van der Waals surface area contributed by atoms with Crippen LogP contribution in [0.1, 0.15) is 46.0 Å². The van der Waals surface area contributed by atoms with Crippen LogP contribution in [-0.4, -0.2) is 11.6 Å². The van der Waals surface area contributed by atoms with Crippen LogP contribution in [0, 0.1) is 10.8 Å². The topological polar surface area (TPSA) is 26.3 Å². The highest BCUT2D eigenvalue weighted by atomic mass is 16.6. The third-order valence-electron chi connectivity index (χ3n) is 4.82. The molecule has 2 heteroatoms. The number of cyclic esters (lactones) is 1. The molecule has 2 aliphatic carbocycles. The molecule has 0 unspecified atom stereocenters. The third-order valence-corrected chi connectivity index (χ3v) is 4.82. The first-order valence-corrected chi connectivity index (χ1v) is 6.53. The van der Waals surface area contributed by atoms with Gasteiger partial charge in [0.05, 0.1) is 5.41 Å². The Morgan fingerprint density at radius 3 is 2.12 bits per heavy atom. The molecule has 17 heavy (non-hydrogen) atoms. The van der Waals surface area contributed by atoms with E-state index >= 15 is 0 Å². The molecule has 0 spiro atoms. The molecule has 0 bridgehead atoms. The molecule has 0 radical (unpaired) electrons. The first-order valence-electron chi connectivity index (χ1n) is 6.53. The zero-order chi connectivity index (χ0) is 12.1. The van der Waals surface area contributed by atoms with Crippen LogP contribution in [0.5, 0.6) is 0 Å². The van der Waals surface area contributed by atoms with Gasteiger partial charge in [0.15, 0.2) is 0 Å². The summed E-state index contributed by atoms with van der Waals surface area (Å²) >= 11 is 0. The largest absolute Gasteiger partial charge is 0.459 e. The summed E-state index contributed by atoms with van der Waals surface area (Å²) in [6.45, 7) is 4.08. The molecule has 1 fully saturated rings. The van der Waals surface area contributed by atoms with Crippen molar-refractivity contribution in [2.45, 2.75) is 51.6 Å². The van der Waals surface area contributed by atoms with Crippen LogP contribution in [0.3, 0.4) is 0 Å². The van der Waals surface area contributed by atoms with E-state index in [2.05, 4.69) is 24.3 Å². The molecule has 0 aromatic carbocycles. The average Bonchev–Trinajstić information content (AvgIpc) is 2.26. The second-order valence-corrected chi connectivity index (χ2v) is 6.45. The molecule has 0 aromatic rings. The molecular weight excluding hydrogens is 212 g/mol. The Labute approximate surface area is 103 Å². The standard InChI is InChI=1S/C15H20O2/c1-13(2)11-14-7-3-5-9-15(14,12(16)17-13)10-6-4-8-14/h3-6H,7-11H2,1-2H3. The maximum atomic E-state index is 12.5. The minimum Gasteiger partial charge on any atom is -0.459 e. The van der Waals surface area contributed by atoms with Crippen LogP contribution in [0.2, 0.25) is 0 Å². The summed E-state index contributed by atoms with van der Waals surface area (Å²) in [7, 11) is 0. The fourth-order valence-corrected chi connectivity index (χ4v) is 4.07. The van der Waals surface area contributed by atoms with E-state index in [4.69, 9.17) is 4.74 Å². The SMILES string of the molecule is CC1(C)CC23CC=CCC2(CC=CC3)C(=O)O1. The summed E-state index contributed by atoms with van der Waals surface area (Å²) in [4.78, 5) is 12.5. The van der Waals surface area contributed by atoms with Crippen molar-refractivity contribution in [1.82, 2.24) is 0 Å². The average molecular weight is 232 g/mol. The fourth-order valence-electron chi connectivity index (χ4n) is 4.07. The van der Waals surface area contributed by atoms with E-state index in [1.807, 2.05) is 13.8 Å². The number of carbonyl (C=O) groups excluding carboxylic acids is 1. The highest BCUT2D eigenvalue weighted by Gasteiger charge is 2.62. The maximum Gasteiger partial charge on any atom is 0.313 e. The van der Waals surface area contributed by atoms with Crippen molar-refractivity contribution < 1.29 is 9.53 Å². The van der Waals surface area contributed by atoms with E-state index in [1.54, 1.807) is 0 Å². The summed E-state index contributed by atoms with van der Waals surface area (Å²) in [5.74, 6) is 0.0300. The highest BCUT2D eigenvalue weighted by molar-refractivity contribution is 5.80. The Bertz CT molecular complexity index is 397. The molecule has 92 valence electrons. The Kier molecular flexibility index (Phi) is 2.11. The van der Waals surface area contributed by atoms with Gasteiger partial charge >= 0.3 is 5.97 Å². The quantitative estimate of drug-likeness (QED) is 0.472. The lowest BCUT2D eigenvalue weighted by Gasteiger charge is -2.58. The number of hydrogen-bond donors (Lipinski definition) is 0. The van der Waals surface area contributed by atoms with Gasteiger partial charge in [-0.15, -0.1) is 0 Å². The summed E-state index contributed by atoms with van der Waals surface area (Å²) in [5.41, 5.74) is -0.474. The van der Waals surface area contributed by atoms with Crippen LogP contribution in [0.4, 0.5) is 0 Å². The summed E-state index contributed by atoms with van der Waals surface area (Å²) in [6.07, 6.45) is 13.6. The Morgan fingerprint density at radius 1 is 1.00 bits per heavy atom. The van der Waals surface area contributed by atoms with Gasteiger partial charge in [0.2, 0.25) is 0 Å². The predicted molar refractivity (Wildman–Crippen MR) is 66.4 cm³/mol. The Balaban J connectivity index is 2.12. The lowest BCUT2D eigenvalue weighted by molar-refractivity contribution is -0.206. The van der Waals surface area contributed by atoms with E-state index in [0.29, 0.717) is 0 Å². The Morgan fingerprint density at radius 2 is 1.53 bits per heavy atom. The molecule has 3 aliphatic rings. The molecule has 0 N–H and O–H groups in total. The van der Waals surface area contributed by atoms with Crippen LogP contribution in [0.15, 0.2) is 24.3 Å². The first-order chi connectivity index (χ1) is 8.00. The van der Waals surface area contributed by atoms with Crippen molar-refractivity contribution in [3.63, 3.8) is 0 Å². The van der Waals surface area contributed by atoms with Gasteiger partial charge in [-0.25, -0.2) is 0 Å². The molecule has 0 amide bonds. The van der Waals surface area contributed by atoms with Crippen LogP contribution in [-0.2, 0) is 9.53 Å². The molecular formula is C15H20O2. The number of ether oxygens (including phenoxy) is 1. The van der Waals surface area contributed by atoms with E-state index in [0.717, 1.165) is 32.1 Å². The van der Waals surface area contributed by atoms with Crippen molar-refractivity contribution in [2.75, 3.05) is 0 Å². The summed E-state index contributed by atoms with van der Waals surface area (Å²) in [5, 5.41) is 0. The van der Waals surface area contributed by atoms with Crippen LogP contribution >= 0.6 is 0 Å². The van der Waals surface area contributed by atoms with Crippen molar-refractivity contribution >= 4 is 5.97 Å². The minimum absolute atomic E-state index is 0.0300. The number of esters is 1. The third kappa shape index (κ3) is 1.36. The zero-order valence-corrected chi connectivity index (χ0v) is 10.7. The van der Waals surface area contributed by atoms with Crippen LogP contribution in [0.25, 0.3) is 0 Å². The second-order valence-electron chi connectivity index (χ2n) is 6.45. The van der Waals surface area contributed by atoms with Gasteiger partial charge in [-0.05, 0) is 51.4 Å². The molecule has 1 saturated heterocycles. The van der Waals surface area contributed by atoms with Gasteiger partial charge in [-0.1, -0.05) is 24.3 Å². The predicted octanol–water partition coefficient (Wildman–Crippen LogP) is 3.38. The molecule has 0 aromatic heterocycles. The van der Waals surface area contributed by atoms with Gasteiger partial charge in [0, 0.05) is 0 Å². The maximum absolute atomic E-state index is 12.5. The molecule has 1 aliphatic heterocycles. The summed E-state index contributed by atoms with van der Waals surface area (Å²) in [6, 6.07) is 0.